The van der Waals surface area contributed by atoms with Gasteiger partial charge in [0.2, 0.25) is 0 Å². The van der Waals surface area contributed by atoms with Crippen molar-refractivity contribution in [3.05, 3.63) is 132 Å². The van der Waals surface area contributed by atoms with Crippen LogP contribution >= 0.6 is 0 Å². The topological polar surface area (TPSA) is 44.9 Å². The largest absolute Gasteiger partial charge is 2.00 e. The van der Waals surface area contributed by atoms with Gasteiger partial charge in [0.1, 0.15) is 5.82 Å². The van der Waals surface area contributed by atoms with Gasteiger partial charge in [-0.05, 0) is 60.2 Å². The summed E-state index contributed by atoms with van der Waals surface area (Å²) in [5, 5.41) is 7.49. The number of aryl methyl sites for hydroxylation is 2. The van der Waals surface area contributed by atoms with Gasteiger partial charge in [0.15, 0.2) is 0 Å². The molecular formula is C41H38N4OPd. The smallest absolute Gasteiger partial charge is 0.509 e. The Bertz CT molecular complexity index is 2180. The maximum atomic E-state index is 6.49. The van der Waals surface area contributed by atoms with Gasteiger partial charge in [0.25, 0.3) is 0 Å². The Labute approximate surface area is 290 Å². The van der Waals surface area contributed by atoms with Crippen LogP contribution in [0.1, 0.15) is 57.5 Å². The number of ether oxygens (including phenoxy) is 1. The van der Waals surface area contributed by atoms with Gasteiger partial charge in [-0.2, -0.15) is 17.2 Å². The fourth-order valence-corrected chi connectivity index (χ4v) is 6.30. The van der Waals surface area contributed by atoms with Gasteiger partial charge in [-0.25, -0.2) is 4.98 Å². The Morgan fingerprint density at radius 2 is 1.57 bits per heavy atom. The quantitative estimate of drug-likeness (QED) is 0.111. The number of rotatable bonds is 9. The van der Waals surface area contributed by atoms with Gasteiger partial charge < -0.3 is 9.30 Å². The van der Waals surface area contributed by atoms with Crippen LogP contribution in [0, 0.1) is 19.1 Å². The van der Waals surface area contributed by atoms with Crippen molar-refractivity contribution in [2.45, 2.75) is 59.3 Å². The zero-order chi connectivity index (χ0) is 31.8. The van der Waals surface area contributed by atoms with E-state index in [4.69, 9.17) is 14.8 Å². The molecule has 0 saturated carbocycles. The van der Waals surface area contributed by atoms with Crippen molar-refractivity contribution in [1.29, 1.82) is 0 Å². The molecule has 0 unspecified atom stereocenters. The number of para-hydroxylation sites is 1. The van der Waals surface area contributed by atoms with E-state index >= 15 is 0 Å². The molecule has 0 bridgehead atoms. The maximum Gasteiger partial charge on any atom is 2.00 e. The van der Waals surface area contributed by atoms with Crippen LogP contribution in [0.2, 0.25) is 0 Å². The summed E-state index contributed by atoms with van der Waals surface area (Å²) < 4.78 is 10.7. The summed E-state index contributed by atoms with van der Waals surface area (Å²) in [5.74, 6) is 2.08. The molecule has 0 aliphatic rings. The molecule has 4 aromatic carbocycles. The van der Waals surface area contributed by atoms with E-state index in [-0.39, 0.29) is 25.8 Å². The summed E-state index contributed by atoms with van der Waals surface area (Å²) in [4.78, 5) is 4.71. The van der Waals surface area contributed by atoms with Crippen LogP contribution in [-0.4, -0.2) is 19.3 Å². The van der Waals surface area contributed by atoms with Crippen LogP contribution in [0.4, 0.5) is 0 Å². The van der Waals surface area contributed by atoms with Gasteiger partial charge in [0.05, 0.1) is 11.4 Å². The van der Waals surface area contributed by atoms with E-state index < -0.39 is 0 Å². The molecule has 0 amide bonds. The molecule has 0 saturated heterocycles. The second-order valence-electron chi connectivity index (χ2n) is 12.6. The molecule has 7 aromatic rings. The SMILES string of the molecule is CCCc1nn(-c2[c-]c(Oc3[c-]c4c(cc3)c3ccccc3n4-c3cc(C)ccn3)ccc2)c(C(C)(C)CC)c1-c1ccccc1.[Pd+2]. The Hall–Kier alpha value is -4.50. The number of aromatic nitrogens is 4. The first-order valence-corrected chi connectivity index (χ1v) is 16.1. The molecule has 0 atom stereocenters. The predicted octanol–water partition coefficient (Wildman–Crippen LogP) is 10.4. The van der Waals surface area contributed by atoms with Gasteiger partial charge in [0, 0.05) is 34.2 Å². The Morgan fingerprint density at radius 3 is 2.34 bits per heavy atom. The van der Waals surface area contributed by atoms with Gasteiger partial charge >= 0.3 is 20.4 Å². The van der Waals surface area contributed by atoms with Crippen LogP contribution < -0.4 is 4.74 Å². The summed E-state index contributed by atoms with van der Waals surface area (Å²) in [6.45, 7) is 11.1. The number of hydrogen-bond donors (Lipinski definition) is 0. The van der Waals surface area contributed by atoms with E-state index in [9.17, 15) is 0 Å². The van der Waals surface area contributed by atoms with Crippen molar-refractivity contribution >= 4 is 21.8 Å². The van der Waals surface area contributed by atoms with Crippen LogP contribution in [0.25, 0.3) is 44.4 Å². The third-order valence-corrected chi connectivity index (χ3v) is 8.92. The molecule has 7 rings (SSSR count). The predicted molar refractivity (Wildman–Crippen MR) is 187 cm³/mol. The van der Waals surface area contributed by atoms with Gasteiger partial charge in [-0.15, -0.1) is 35.7 Å². The Morgan fingerprint density at radius 1 is 0.809 bits per heavy atom. The standard InChI is InChI=1S/C41H38N4O.Pd/c1-6-14-35-39(29-15-9-8-10-16-29)40(41(4,5)7-2)45(43-35)30-17-13-18-31(26-30)46-32-21-22-34-33-19-11-12-20-36(33)44(37(34)27-32)38-25-28(3)23-24-42-38;/h8-13,15-25H,6-7,14H2,1-5H3;/q-2;+2. The Kier molecular flexibility index (Phi) is 9.19. The summed E-state index contributed by atoms with van der Waals surface area (Å²) in [5.41, 5.74) is 8.62. The first kappa shape index (κ1) is 32.4. The Balaban J connectivity index is 0.00000386. The van der Waals surface area contributed by atoms with Crippen LogP contribution in [0.3, 0.4) is 0 Å². The molecule has 0 radical (unpaired) electrons. The minimum absolute atomic E-state index is 0. The zero-order valence-corrected chi connectivity index (χ0v) is 29.0. The molecular weight excluding hydrogens is 671 g/mol. The number of fused-ring (bicyclic) bond motifs is 3. The van der Waals surface area contributed by atoms with E-state index in [1.165, 1.54) is 16.8 Å². The fraction of sp³-hybridized carbons (Fsp3) is 0.220. The number of benzene rings is 4. The molecule has 3 heterocycles. The van der Waals surface area contributed by atoms with E-state index in [1.54, 1.807) is 0 Å². The first-order valence-electron chi connectivity index (χ1n) is 16.1. The minimum Gasteiger partial charge on any atom is -0.509 e. The summed E-state index contributed by atoms with van der Waals surface area (Å²) >= 11 is 0. The van der Waals surface area contributed by atoms with Crippen LogP contribution in [0.5, 0.6) is 11.5 Å². The van der Waals surface area contributed by atoms with Crippen LogP contribution in [-0.2, 0) is 32.3 Å². The van der Waals surface area contributed by atoms with Crippen molar-refractivity contribution in [3.63, 3.8) is 0 Å². The third-order valence-electron chi connectivity index (χ3n) is 8.92. The number of hydrogen-bond acceptors (Lipinski definition) is 3. The molecule has 0 N–H and O–H groups in total. The second-order valence-corrected chi connectivity index (χ2v) is 12.6. The molecule has 0 aliphatic carbocycles. The van der Waals surface area contributed by atoms with Crippen molar-refractivity contribution in [2.24, 2.45) is 0 Å². The summed E-state index contributed by atoms with van der Waals surface area (Å²) in [6, 6.07) is 40.4. The van der Waals surface area contributed by atoms with Gasteiger partial charge in [-0.3, -0.25) is 4.68 Å². The molecule has 5 nitrogen and oxygen atoms in total. The fourth-order valence-electron chi connectivity index (χ4n) is 6.30. The molecule has 0 spiro atoms. The molecule has 6 heteroatoms. The van der Waals surface area contributed by atoms with E-state index in [0.717, 1.165) is 63.8 Å². The first-order chi connectivity index (χ1) is 22.4. The summed E-state index contributed by atoms with van der Waals surface area (Å²) in [6.07, 6.45) is 4.74. The van der Waals surface area contributed by atoms with Crippen LogP contribution in [0.15, 0.2) is 103 Å². The molecule has 0 aliphatic heterocycles. The van der Waals surface area contributed by atoms with E-state index in [0.29, 0.717) is 11.5 Å². The second kappa shape index (κ2) is 13.3. The van der Waals surface area contributed by atoms with Crippen molar-refractivity contribution in [3.8, 4) is 34.1 Å². The average Bonchev–Trinajstić information content (AvgIpc) is 3.62. The normalized spacial score (nSPS) is 11.6. The third kappa shape index (κ3) is 6.05. The summed E-state index contributed by atoms with van der Waals surface area (Å²) in [7, 11) is 0. The zero-order valence-electron chi connectivity index (χ0n) is 27.4. The minimum atomic E-state index is -0.120. The van der Waals surface area contributed by atoms with Crippen molar-refractivity contribution in [1.82, 2.24) is 19.3 Å². The monoisotopic (exact) mass is 708 g/mol. The number of pyridine rings is 1. The number of nitrogens with zero attached hydrogens (tertiary/aromatic N) is 4. The molecule has 47 heavy (non-hydrogen) atoms. The van der Waals surface area contributed by atoms with E-state index in [2.05, 4.69) is 129 Å². The van der Waals surface area contributed by atoms with Crippen molar-refractivity contribution in [2.75, 3.05) is 0 Å². The molecule has 238 valence electrons. The average molecular weight is 709 g/mol. The molecule has 0 fully saturated rings. The van der Waals surface area contributed by atoms with E-state index in [1.807, 2.05) is 30.5 Å². The maximum absolute atomic E-state index is 6.49. The molecule has 3 aromatic heterocycles. The van der Waals surface area contributed by atoms with Gasteiger partial charge in [-0.1, -0.05) is 88.2 Å². The van der Waals surface area contributed by atoms with Crippen molar-refractivity contribution < 1.29 is 25.2 Å².